The Labute approximate surface area is 164 Å². The van der Waals surface area contributed by atoms with Crippen LogP contribution in [-0.4, -0.2) is 12.0 Å². The summed E-state index contributed by atoms with van der Waals surface area (Å²) in [6.45, 7) is 0. The van der Waals surface area contributed by atoms with E-state index in [0.717, 1.165) is 38.5 Å². The molecule has 0 saturated heterocycles. The number of carbonyl (C=O) groups excluding carboxylic acids is 1. The molecule has 1 aliphatic carbocycles. The summed E-state index contributed by atoms with van der Waals surface area (Å²) in [6, 6.07) is 0. The number of carbonyl (C=O) groups is 1. The van der Waals surface area contributed by atoms with Crippen LogP contribution in [0.1, 0.15) is 128 Å². The largest absolute Gasteiger partial charge is 0.389 e. The Morgan fingerprint density at radius 2 is 1.11 bits per heavy atom. The van der Waals surface area contributed by atoms with Crippen molar-refractivity contribution in [1.29, 1.82) is 0 Å². The van der Waals surface area contributed by atoms with E-state index < -0.39 is 12.6 Å². The SMILES string of the molecule is O=C(CCCCCCCCCCCCCCC(F)(F)F)CC1CCCCC1. The van der Waals surface area contributed by atoms with Gasteiger partial charge in [0.05, 0.1) is 0 Å². The number of hydrogen-bond acceptors (Lipinski definition) is 1. The van der Waals surface area contributed by atoms with Gasteiger partial charge >= 0.3 is 6.18 Å². The van der Waals surface area contributed by atoms with E-state index in [1.807, 2.05) is 0 Å². The minimum absolute atomic E-state index is 0.284. The molecule has 0 aromatic rings. The van der Waals surface area contributed by atoms with Crippen LogP contribution >= 0.6 is 0 Å². The fourth-order valence-electron chi connectivity index (χ4n) is 4.23. The van der Waals surface area contributed by atoms with Crippen molar-refractivity contribution >= 4 is 5.78 Å². The lowest BCUT2D eigenvalue weighted by atomic mass is 9.85. The maximum atomic E-state index is 12.0. The Hall–Kier alpha value is -0.540. The molecule has 0 amide bonds. The normalized spacial score (nSPS) is 16.0. The van der Waals surface area contributed by atoms with E-state index in [1.165, 1.54) is 70.6 Å². The molecule has 0 heterocycles. The molecule has 0 spiro atoms. The topological polar surface area (TPSA) is 17.1 Å². The van der Waals surface area contributed by atoms with Gasteiger partial charge in [-0.25, -0.2) is 0 Å². The number of ketones is 1. The van der Waals surface area contributed by atoms with Gasteiger partial charge in [-0.3, -0.25) is 4.79 Å². The molecule has 0 radical (unpaired) electrons. The highest BCUT2D eigenvalue weighted by Gasteiger charge is 2.25. The van der Waals surface area contributed by atoms with Crippen LogP contribution in [0.4, 0.5) is 13.2 Å². The highest BCUT2D eigenvalue weighted by atomic mass is 19.4. The van der Waals surface area contributed by atoms with Gasteiger partial charge in [0, 0.05) is 19.3 Å². The van der Waals surface area contributed by atoms with E-state index in [0.29, 0.717) is 18.1 Å². The van der Waals surface area contributed by atoms with E-state index in [2.05, 4.69) is 0 Å². The average Bonchev–Trinajstić information content (AvgIpc) is 2.62. The third-order valence-electron chi connectivity index (χ3n) is 5.91. The maximum Gasteiger partial charge on any atom is 0.389 e. The minimum Gasteiger partial charge on any atom is -0.300 e. The van der Waals surface area contributed by atoms with Crippen LogP contribution in [0, 0.1) is 5.92 Å². The number of rotatable bonds is 16. The van der Waals surface area contributed by atoms with Gasteiger partial charge in [0.25, 0.3) is 0 Å². The second-order valence-electron chi connectivity index (χ2n) is 8.60. The van der Waals surface area contributed by atoms with Crippen LogP contribution in [0.3, 0.4) is 0 Å². The highest BCUT2D eigenvalue weighted by Crippen LogP contribution is 2.27. The zero-order valence-corrected chi connectivity index (χ0v) is 17.3. The van der Waals surface area contributed by atoms with E-state index in [4.69, 9.17) is 0 Å². The van der Waals surface area contributed by atoms with E-state index in [9.17, 15) is 18.0 Å². The molecule has 0 N–H and O–H groups in total. The molecule has 0 aromatic heterocycles. The molecular weight excluding hydrogens is 349 g/mol. The molecule has 160 valence electrons. The average molecular weight is 391 g/mol. The van der Waals surface area contributed by atoms with Crippen molar-refractivity contribution in [3.05, 3.63) is 0 Å². The Balaban J connectivity index is 1.75. The number of alkyl halides is 3. The molecule has 1 nitrogen and oxygen atoms in total. The molecule has 27 heavy (non-hydrogen) atoms. The third kappa shape index (κ3) is 16.1. The lowest BCUT2D eigenvalue weighted by Gasteiger charge is -2.20. The summed E-state index contributed by atoms with van der Waals surface area (Å²) < 4.78 is 36.0. The highest BCUT2D eigenvalue weighted by molar-refractivity contribution is 5.78. The Kier molecular flexibility index (Phi) is 14.0. The monoisotopic (exact) mass is 390 g/mol. The van der Waals surface area contributed by atoms with Crippen molar-refractivity contribution in [2.75, 3.05) is 0 Å². The van der Waals surface area contributed by atoms with Crippen molar-refractivity contribution in [3.63, 3.8) is 0 Å². The summed E-state index contributed by atoms with van der Waals surface area (Å²) in [5.74, 6) is 1.16. The van der Waals surface area contributed by atoms with Crippen LogP contribution < -0.4 is 0 Å². The Bertz CT molecular complexity index is 359. The van der Waals surface area contributed by atoms with Gasteiger partial charge in [-0.15, -0.1) is 0 Å². The van der Waals surface area contributed by atoms with Crippen molar-refractivity contribution < 1.29 is 18.0 Å². The van der Waals surface area contributed by atoms with Crippen molar-refractivity contribution in [2.45, 2.75) is 135 Å². The van der Waals surface area contributed by atoms with Crippen LogP contribution in [-0.2, 0) is 4.79 Å². The fraction of sp³-hybridized carbons (Fsp3) is 0.957. The smallest absolute Gasteiger partial charge is 0.300 e. The van der Waals surface area contributed by atoms with Crippen LogP contribution in [0.25, 0.3) is 0 Å². The Morgan fingerprint density at radius 3 is 1.59 bits per heavy atom. The quantitative estimate of drug-likeness (QED) is 0.241. The number of Topliss-reactive ketones (excluding diaryl/α,β-unsaturated/α-hetero) is 1. The second kappa shape index (κ2) is 15.4. The van der Waals surface area contributed by atoms with E-state index >= 15 is 0 Å². The molecule has 0 unspecified atom stereocenters. The molecule has 1 rings (SSSR count). The van der Waals surface area contributed by atoms with Gasteiger partial charge in [-0.2, -0.15) is 13.2 Å². The first-order valence-electron chi connectivity index (χ1n) is 11.6. The molecular formula is C23H41F3O. The molecule has 0 aromatic carbocycles. The van der Waals surface area contributed by atoms with Crippen LogP contribution in [0.15, 0.2) is 0 Å². The molecule has 0 bridgehead atoms. The summed E-state index contributed by atoms with van der Waals surface area (Å²) >= 11 is 0. The first kappa shape index (κ1) is 24.5. The second-order valence-corrected chi connectivity index (χ2v) is 8.60. The molecule has 4 heteroatoms. The molecule has 0 atom stereocenters. The van der Waals surface area contributed by atoms with Crippen molar-refractivity contribution in [2.24, 2.45) is 5.92 Å². The first-order chi connectivity index (χ1) is 13.0. The van der Waals surface area contributed by atoms with Crippen molar-refractivity contribution in [3.8, 4) is 0 Å². The minimum atomic E-state index is -3.98. The van der Waals surface area contributed by atoms with Gasteiger partial charge in [-0.05, 0) is 18.8 Å². The first-order valence-corrected chi connectivity index (χ1v) is 11.6. The van der Waals surface area contributed by atoms with E-state index in [-0.39, 0.29) is 6.42 Å². The molecule has 1 aliphatic rings. The van der Waals surface area contributed by atoms with Gasteiger partial charge in [0.2, 0.25) is 0 Å². The lowest BCUT2D eigenvalue weighted by Crippen LogP contribution is -2.11. The number of hydrogen-bond donors (Lipinski definition) is 0. The maximum absolute atomic E-state index is 12.0. The lowest BCUT2D eigenvalue weighted by molar-refractivity contribution is -0.135. The standard InChI is InChI=1S/C23H41F3O/c24-23(25,26)19-15-10-8-6-4-2-1-3-5-7-9-14-18-22(27)20-21-16-12-11-13-17-21/h21H,1-20H2. The number of halogens is 3. The van der Waals surface area contributed by atoms with Crippen LogP contribution in [0.2, 0.25) is 0 Å². The summed E-state index contributed by atoms with van der Waals surface area (Å²) in [7, 11) is 0. The molecule has 1 saturated carbocycles. The molecule has 1 fully saturated rings. The molecule has 0 aliphatic heterocycles. The predicted molar refractivity (Wildman–Crippen MR) is 107 cm³/mol. The zero-order valence-electron chi connectivity index (χ0n) is 17.3. The summed E-state index contributed by atoms with van der Waals surface area (Å²) in [6.07, 6.45) is 16.1. The Morgan fingerprint density at radius 1 is 0.667 bits per heavy atom. The van der Waals surface area contributed by atoms with Gasteiger partial charge in [0.1, 0.15) is 5.78 Å². The summed E-state index contributed by atoms with van der Waals surface area (Å²) in [5.41, 5.74) is 0. The van der Waals surface area contributed by atoms with Gasteiger partial charge in [0.15, 0.2) is 0 Å². The summed E-state index contributed by atoms with van der Waals surface area (Å²) in [4.78, 5) is 12.0. The predicted octanol–water partition coefficient (Wildman–Crippen LogP) is 8.55. The third-order valence-corrected chi connectivity index (χ3v) is 5.91. The summed E-state index contributed by atoms with van der Waals surface area (Å²) in [5, 5.41) is 0. The van der Waals surface area contributed by atoms with Gasteiger partial charge in [-0.1, -0.05) is 96.3 Å². The number of unbranched alkanes of at least 4 members (excludes halogenated alkanes) is 11. The van der Waals surface area contributed by atoms with Crippen LogP contribution in [0.5, 0.6) is 0 Å². The zero-order chi connectivity index (χ0) is 19.8. The van der Waals surface area contributed by atoms with Crippen molar-refractivity contribution in [1.82, 2.24) is 0 Å². The van der Waals surface area contributed by atoms with E-state index in [1.54, 1.807) is 0 Å². The fourth-order valence-corrected chi connectivity index (χ4v) is 4.23. The van der Waals surface area contributed by atoms with Gasteiger partial charge < -0.3 is 0 Å².